The van der Waals surface area contributed by atoms with Gasteiger partial charge in [0.2, 0.25) is 0 Å². The first-order valence-corrected chi connectivity index (χ1v) is 8.57. The van der Waals surface area contributed by atoms with E-state index in [4.69, 9.17) is 9.47 Å². The summed E-state index contributed by atoms with van der Waals surface area (Å²) in [5.41, 5.74) is 1.56. The third-order valence-electron chi connectivity index (χ3n) is 4.33. The molecule has 132 valence electrons. The smallest absolute Gasteiger partial charge is 0.407 e. The van der Waals surface area contributed by atoms with E-state index in [1.165, 1.54) is 0 Å². The van der Waals surface area contributed by atoms with E-state index in [0.717, 1.165) is 11.1 Å². The summed E-state index contributed by atoms with van der Waals surface area (Å²) < 4.78 is 10.8. The van der Waals surface area contributed by atoms with Crippen LogP contribution in [0.3, 0.4) is 0 Å². The normalized spacial score (nSPS) is 17.5. The van der Waals surface area contributed by atoms with Gasteiger partial charge < -0.3 is 19.9 Å². The third kappa shape index (κ3) is 4.81. The van der Waals surface area contributed by atoms with E-state index < -0.39 is 18.2 Å². The molecule has 1 heterocycles. The van der Waals surface area contributed by atoms with Crippen LogP contribution in [0.25, 0.3) is 0 Å². The van der Waals surface area contributed by atoms with Gasteiger partial charge in [0.15, 0.2) is 0 Å². The molecule has 0 aliphatic carbocycles. The summed E-state index contributed by atoms with van der Waals surface area (Å²) in [6.45, 7) is 1.21. The predicted molar refractivity (Wildman–Crippen MR) is 94.0 cm³/mol. The van der Waals surface area contributed by atoms with Crippen LogP contribution in [0.2, 0.25) is 0 Å². The van der Waals surface area contributed by atoms with Crippen LogP contribution in [0.4, 0.5) is 4.79 Å². The zero-order chi connectivity index (χ0) is 17.5. The zero-order valence-corrected chi connectivity index (χ0v) is 14.0. The molecule has 1 fully saturated rings. The molecule has 0 radical (unpaired) electrons. The fraction of sp³-hybridized carbons (Fsp3) is 0.350. The molecule has 1 saturated heterocycles. The van der Waals surface area contributed by atoms with Crippen molar-refractivity contribution in [3.05, 3.63) is 71.8 Å². The van der Waals surface area contributed by atoms with Crippen LogP contribution < -0.4 is 5.32 Å². The Balaban J connectivity index is 1.73. The number of carbonyl (C=O) groups excluding carboxylic acids is 1. The Bertz CT molecular complexity index is 656. The Kier molecular flexibility index (Phi) is 6.04. The molecule has 2 aromatic rings. The number of rotatable bonds is 5. The van der Waals surface area contributed by atoms with Crippen LogP contribution in [-0.2, 0) is 9.47 Å². The van der Waals surface area contributed by atoms with Crippen molar-refractivity contribution in [1.82, 2.24) is 5.32 Å². The number of ether oxygens (including phenoxy) is 2. The van der Waals surface area contributed by atoms with Gasteiger partial charge in [-0.3, -0.25) is 0 Å². The second-order valence-corrected chi connectivity index (χ2v) is 6.11. The molecule has 1 aliphatic heterocycles. The summed E-state index contributed by atoms with van der Waals surface area (Å²) in [7, 11) is 0. The molecule has 0 saturated carbocycles. The van der Waals surface area contributed by atoms with Gasteiger partial charge in [-0.15, -0.1) is 0 Å². The van der Waals surface area contributed by atoms with Crippen LogP contribution in [0.5, 0.6) is 0 Å². The highest BCUT2D eigenvalue weighted by Gasteiger charge is 2.26. The minimum Gasteiger partial charge on any atom is -0.446 e. The van der Waals surface area contributed by atoms with Crippen molar-refractivity contribution < 1.29 is 19.4 Å². The van der Waals surface area contributed by atoms with E-state index in [1.54, 1.807) is 0 Å². The maximum atomic E-state index is 12.3. The van der Waals surface area contributed by atoms with E-state index >= 15 is 0 Å². The molecule has 2 atom stereocenters. The highest BCUT2D eigenvalue weighted by Crippen LogP contribution is 2.29. The molecule has 2 aromatic carbocycles. The second kappa shape index (κ2) is 8.65. The van der Waals surface area contributed by atoms with Gasteiger partial charge in [-0.25, -0.2) is 4.79 Å². The number of nitrogens with one attached hydrogen (secondary N) is 1. The van der Waals surface area contributed by atoms with Crippen molar-refractivity contribution >= 4 is 6.09 Å². The van der Waals surface area contributed by atoms with Gasteiger partial charge in [0.05, 0.1) is 19.3 Å². The lowest BCUT2D eigenvalue weighted by Gasteiger charge is -2.27. The molecule has 2 N–H and O–H groups in total. The van der Waals surface area contributed by atoms with Crippen molar-refractivity contribution in [3.8, 4) is 0 Å². The summed E-state index contributed by atoms with van der Waals surface area (Å²) >= 11 is 0. The van der Waals surface area contributed by atoms with Gasteiger partial charge in [0, 0.05) is 12.8 Å². The second-order valence-electron chi connectivity index (χ2n) is 6.11. The number of benzene rings is 2. The quantitative estimate of drug-likeness (QED) is 0.875. The van der Waals surface area contributed by atoms with Gasteiger partial charge in [-0.1, -0.05) is 60.7 Å². The molecule has 25 heavy (non-hydrogen) atoms. The molecule has 5 heteroatoms. The van der Waals surface area contributed by atoms with E-state index in [9.17, 15) is 9.90 Å². The highest BCUT2D eigenvalue weighted by atomic mass is 16.6. The number of carbonyl (C=O) groups is 1. The minimum atomic E-state index is -0.870. The molecule has 5 nitrogen and oxygen atoms in total. The summed E-state index contributed by atoms with van der Waals surface area (Å²) in [6.07, 6.45) is -0.129. The van der Waals surface area contributed by atoms with E-state index in [2.05, 4.69) is 5.32 Å². The lowest BCUT2D eigenvalue weighted by atomic mass is 9.96. The highest BCUT2D eigenvalue weighted by molar-refractivity contribution is 5.68. The first-order chi connectivity index (χ1) is 12.2. The standard InChI is InChI=1S/C20H23NO4/c22-19(16-9-5-2-6-10-16)18(15-7-3-1-4-8-15)21-20(23)25-17-11-13-24-14-12-17/h1-10,17-19,22H,11-14H2,(H,21,23)/t18-,19+/m0/s1. The van der Waals surface area contributed by atoms with Crippen molar-refractivity contribution in [2.24, 2.45) is 0 Å². The maximum absolute atomic E-state index is 12.3. The van der Waals surface area contributed by atoms with Crippen LogP contribution in [0, 0.1) is 0 Å². The maximum Gasteiger partial charge on any atom is 0.407 e. The van der Waals surface area contributed by atoms with Gasteiger partial charge in [0.25, 0.3) is 0 Å². The van der Waals surface area contributed by atoms with Gasteiger partial charge in [-0.2, -0.15) is 0 Å². The summed E-state index contributed by atoms with van der Waals surface area (Å²) in [5.74, 6) is 0. The average molecular weight is 341 g/mol. The zero-order valence-electron chi connectivity index (χ0n) is 14.0. The van der Waals surface area contributed by atoms with Gasteiger partial charge >= 0.3 is 6.09 Å². The van der Waals surface area contributed by atoms with Crippen molar-refractivity contribution in [3.63, 3.8) is 0 Å². The number of alkyl carbamates (subject to hydrolysis) is 1. The van der Waals surface area contributed by atoms with Gasteiger partial charge in [0.1, 0.15) is 12.2 Å². The van der Waals surface area contributed by atoms with Crippen LogP contribution in [-0.4, -0.2) is 30.5 Å². The molecular formula is C20H23NO4. The minimum absolute atomic E-state index is 0.140. The Morgan fingerprint density at radius 1 is 1.00 bits per heavy atom. The van der Waals surface area contributed by atoms with E-state index in [1.807, 2.05) is 60.7 Å². The monoisotopic (exact) mass is 341 g/mol. The molecule has 0 unspecified atom stereocenters. The number of aliphatic hydroxyl groups excluding tert-OH is 1. The Hall–Kier alpha value is -2.37. The van der Waals surface area contributed by atoms with Crippen molar-refractivity contribution in [1.29, 1.82) is 0 Å². The largest absolute Gasteiger partial charge is 0.446 e. The SMILES string of the molecule is O=C(N[C@@H](c1ccccc1)[C@H](O)c1ccccc1)OC1CCOCC1. The Morgan fingerprint density at radius 2 is 1.56 bits per heavy atom. The first kappa shape index (κ1) is 17.5. The number of hydrogen-bond donors (Lipinski definition) is 2. The van der Waals surface area contributed by atoms with Crippen LogP contribution >= 0.6 is 0 Å². The third-order valence-corrected chi connectivity index (χ3v) is 4.33. The van der Waals surface area contributed by atoms with E-state index in [0.29, 0.717) is 26.1 Å². The molecule has 3 rings (SSSR count). The summed E-state index contributed by atoms with van der Waals surface area (Å²) in [5, 5.41) is 13.6. The average Bonchev–Trinajstić information content (AvgIpc) is 2.68. The van der Waals surface area contributed by atoms with Crippen LogP contribution in [0.1, 0.15) is 36.1 Å². The molecule has 0 aromatic heterocycles. The number of aliphatic hydroxyl groups is 1. The topological polar surface area (TPSA) is 67.8 Å². The van der Waals surface area contributed by atoms with E-state index in [-0.39, 0.29) is 6.10 Å². The molecular weight excluding hydrogens is 318 g/mol. The summed E-state index contributed by atoms with van der Waals surface area (Å²) in [4.78, 5) is 12.3. The van der Waals surface area contributed by atoms with Crippen molar-refractivity contribution in [2.75, 3.05) is 13.2 Å². The van der Waals surface area contributed by atoms with Crippen molar-refractivity contribution in [2.45, 2.75) is 31.1 Å². The molecule has 1 amide bonds. The molecule has 0 spiro atoms. The number of hydrogen-bond acceptors (Lipinski definition) is 4. The summed E-state index contributed by atoms with van der Waals surface area (Å²) in [6, 6.07) is 18.1. The molecule has 1 aliphatic rings. The lowest BCUT2D eigenvalue weighted by molar-refractivity contribution is -0.00145. The fourth-order valence-corrected chi connectivity index (χ4v) is 2.95. The lowest BCUT2D eigenvalue weighted by Crippen LogP contribution is -2.36. The number of amides is 1. The van der Waals surface area contributed by atoms with Crippen LogP contribution in [0.15, 0.2) is 60.7 Å². The first-order valence-electron chi connectivity index (χ1n) is 8.57. The predicted octanol–water partition coefficient (Wildman–Crippen LogP) is 3.37. The fourth-order valence-electron chi connectivity index (χ4n) is 2.95. The van der Waals surface area contributed by atoms with Gasteiger partial charge in [-0.05, 0) is 11.1 Å². The molecule has 0 bridgehead atoms. The Morgan fingerprint density at radius 3 is 2.16 bits per heavy atom. The Labute approximate surface area is 147 Å².